The first-order valence-electron chi connectivity index (χ1n) is 5.10. The van der Waals surface area contributed by atoms with E-state index >= 15 is 0 Å². The molecule has 1 amide bonds. The van der Waals surface area contributed by atoms with Crippen molar-refractivity contribution in [1.82, 2.24) is 0 Å². The minimum absolute atomic E-state index is 0.0897. The molecular weight excluding hydrogens is 323 g/mol. The molecule has 0 fully saturated rings. The molecule has 0 bridgehead atoms. The van der Waals surface area contributed by atoms with Gasteiger partial charge in [0, 0.05) is 18.7 Å². The van der Waals surface area contributed by atoms with Crippen LogP contribution in [-0.2, 0) is 9.53 Å². The van der Waals surface area contributed by atoms with Crippen LogP contribution < -0.4 is 15.8 Å². The monoisotopic (exact) mass is 336 g/mol. The highest BCUT2D eigenvalue weighted by molar-refractivity contribution is 9.10. The number of ether oxygens (including phenoxy) is 2. The number of nitrogens with two attached hydrogens (primary N) is 1. The lowest BCUT2D eigenvalue weighted by molar-refractivity contribution is -0.125. The third kappa shape index (κ3) is 3.58. The largest absolute Gasteiger partial charge is 0.493 e. The summed E-state index contributed by atoms with van der Waals surface area (Å²) in [6.45, 7) is 0.0897. The Morgan fingerprint density at radius 3 is 2.72 bits per heavy atom. The molecule has 0 heterocycles. The number of hydrogen-bond donors (Lipinski definition) is 2. The van der Waals surface area contributed by atoms with Crippen LogP contribution in [0.4, 0.5) is 5.69 Å². The van der Waals surface area contributed by atoms with Gasteiger partial charge in [0.25, 0.3) is 5.91 Å². The Balaban J connectivity index is 2.99. The Bertz CT molecular complexity index is 439. The van der Waals surface area contributed by atoms with E-state index in [1.165, 1.54) is 14.2 Å². The van der Waals surface area contributed by atoms with Crippen molar-refractivity contribution < 1.29 is 14.3 Å². The number of benzene rings is 1. The van der Waals surface area contributed by atoms with Crippen molar-refractivity contribution in [1.29, 1.82) is 0 Å². The zero-order valence-corrected chi connectivity index (χ0v) is 12.3. The average molecular weight is 338 g/mol. The van der Waals surface area contributed by atoms with E-state index in [0.717, 1.165) is 0 Å². The van der Waals surface area contributed by atoms with Crippen LogP contribution in [0.1, 0.15) is 0 Å². The maximum Gasteiger partial charge on any atom is 0.254 e. The minimum atomic E-state index is -0.715. The number of methoxy groups -OCH3 is 2. The lowest BCUT2D eigenvalue weighted by Gasteiger charge is -2.16. The van der Waals surface area contributed by atoms with Gasteiger partial charge in [-0.25, -0.2) is 0 Å². The van der Waals surface area contributed by atoms with Crippen LogP contribution in [0.3, 0.4) is 0 Å². The Morgan fingerprint density at radius 2 is 2.22 bits per heavy atom. The number of carbonyl (C=O) groups excluding carboxylic acids is 1. The average Bonchev–Trinajstić information content (AvgIpc) is 2.30. The first-order valence-corrected chi connectivity index (χ1v) is 6.27. The SMILES string of the molecule is COc1c(Br)cc(Cl)cc1NC(=O)C(CN)OC. The van der Waals surface area contributed by atoms with Gasteiger partial charge in [0.15, 0.2) is 5.75 Å². The van der Waals surface area contributed by atoms with E-state index in [4.69, 9.17) is 26.8 Å². The summed E-state index contributed by atoms with van der Waals surface area (Å²) in [5.41, 5.74) is 5.87. The lowest BCUT2D eigenvalue weighted by Crippen LogP contribution is -2.36. The molecule has 0 saturated carbocycles. The smallest absolute Gasteiger partial charge is 0.254 e. The van der Waals surface area contributed by atoms with Gasteiger partial charge in [-0.05, 0) is 28.1 Å². The molecule has 1 aromatic carbocycles. The van der Waals surface area contributed by atoms with Crippen LogP contribution in [-0.4, -0.2) is 32.8 Å². The Hall–Kier alpha value is -0.820. The second-order valence-electron chi connectivity index (χ2n) is 3.42. The summed E-state index contributed by atoms with van der Waals surface area (Å²) in [7, 11) is 2.92. The molecule has 0 radical (unpaired) electrons. The molecule has 5 nitrogen and oxygen atoms in total. The number of halogens is 2. The fraction of sp³-hybridized carbons (Fsp3) is 0.364. The second kappa shape index (κ2) is 6.94. The maximum absolute atomic E-state index is 11.8. The molecule has 0 aliphatic heterocycles. The van der Waals surface area contributed by atoms with E-state index in [1.807, 2.05) is 0 Å². The van der Waals surface area contributed by atoms with Crippen LogP contribution in [0, 0.1) is 0 Å². The van der Waals surface area contributed by atoms with E-state index in [0.29, 0.717) is 20.9 Å². The molecule has 3 N–H and O–H groups in total. The molecule has 0 saturated heterocycles. The van der Waals surface area contributed by atoms with Gasteiger partial charge in [-0.15, -0.1) is 0 Å². The maximum atomic E-state index is 11.8. The molecule has 7 heteroatoms. The number of anilines is 1. The Labute approximate surface area is 119 Å². The molecule has 0 spiro atoms. The highest BCUT2D eigenvalue weighted by Gasteiger charge is 2.18. The summed E-state index contributed by atoms with van der Waals surface area (Å²) in [6, 6.07) is 3.26. The molecular formula is C11H14BrClN2O3. The fourth-order valence-corrected chi connectivity index (χ4v) is 2.36. The zero-order valence-electron chi connectivity index (χ0n) is 10.00. The predicted octanol–water partition coefficient (Wildman–Crippen LogP) is 2.02. The number of hydrogen-bond acceptors (Lipinski definition) is 4. The van der Waals surface area contributed by atoms with Crippen LogP contribution >= 0.6 is 27.5 Å². The molecule has 0 aromatic heterocycles. The highest BCUT2D eigenvalue weighted by Crippen LogP contribution is 2.36. The Kier molecular flexibility index (Phi) is 5.87. The molecule has 1 rings (SSSR count). The van der Waals surface area contributed by atoms with Crippen LogP contribution in [0.2, 0.25) is 5.02 Å². The van der Waals surface area contributed by atoms with Gasteiger partial charge < -0.3 is 20.5 Å². The molecule has 1 atom stereocenters. The van der Waals surface area contributed by atoms with Gasteiger partial charge in [0.1, 0.15) is 6.10 Å². The molecule has 0 aliphatic rings. The predicted molar refractivity (Wildman–Crippen MR) is 74.2 cm³/mol. The normalized spacial score (nSPS) is 12.1. The number of amides is 1. The van der Waals surface area contributed by atoms with E-state index in [-0.39, 0.29) is 12.5 Å². The summed E-state index contributed by atoms with van der Waals surface area (Å²) >= 11 is 9.22. The van der Waals surface area contributed by atoms with Crippen molar-refractivity contribution in [2.75, 3.05) is 26.1 Å². The third-order valence-corrected chi connectivity index (χ3v) is 3.07. The number of rotatable bonds is 5. The van der Waals surface area contributed by atoms with Crippen LogP contribution in [0.25, 0.3) is 0 Å². The van der Waals surface area contributed by atoms with Gasteiger partial charge in [-0.1, -0.05) is 11.6 Å². The molecule has 18 heavy (non-hydrogen) atoms. The quantitative estimate of drug-likeness (QED) is 0.862. The van der Waals surface area contributed by atoms with Gasteiger partial charge in [-0.3, -0.25) is 4.79 Å². The minimum Gasteiger partial charge on any atom is -0.493 e. The van der Waals surface area contributed by atoms with Gasteiger partial charge >= 0.3 is 0 Å². The van der Waals surface area contributed by atoms with Gasteiger partial charge in [0.05, 0.1) is 17.3 Å². The van der Waals surface area contributed by atoms with Gasteiger partial charge in [-0.2, -0.15) is 0 Å². The third-order valence-electron chi connectivity index (χ3n) is 2.26. The summed E-state index contributed by atoms with van der Waals surface area (Å²) in [6.07, 6.45) is -0.715. The number of carbonyl (C=O) groups is 1. The summed E-state index contributed by atoms with van der Waals surface area (Å²) < 4.78 is 10.8. The van der Waals surface area contributed by atoms with Crippen molar-refractivity contribution in [3.05, 3.63) is 21.6 Å². The standard InChI is InChI=1S/C11H14BrClN2O3/c1-17-9(5-14)11(16)15-8-4-6(13)3-7(12)10(8)18-2/h3-4,9H,5,14H2,1-2H3,(H,15,16). The first-order chi connectivity index (χ1) is 8.53. The summed E-state index contributed by atoms with van der Waals surface area (Å²) in [5, 5.41) is 3.13. The van der Waals surface area contributed by atoms with E-state index in [9.17, 15) is 4.79 Å². The van der Waals surface area contributed by atoms with Crippen molar-refractivity contribution in [2.24, 2.45) is 5.73 Å². The van der Waals surface area contributed by atoms with Crippen LogP contribution in [0.5, 0.6) is 5.75 Å². The van der Waals surface area contributed by atoms with E-state index in [1.54, 1.807) is 12.1 Å². The zero-order chi connectivity index (χ0) is 13.7. The van der Waals surface area contributed by atoms with Crippen molar-refractivity contribution in [3.8, 4) is 5.75 Å². The second-order valence-corrected chi connectivity index (χ2v) is 4.71. The van der Waals surface area contributed by atoms with Crippen molar-refractivity contribution in [2.45, 2.75) is 6.10 Å². The summed E-state index contributed by atoms with van der Waals surface area (Å²) in [5.74, 6) is 0.132. The lowest BCUT2D eigenvalue weighted by atomic mass is 10.2. The summed E-state index contributed by atoms with van der Waals surface area (Å²) in [4.78, 5) is 11.8. The Morgan fingerprint density at radius 1 is 1.56 bits per heavy atom. The molecule has 1 aromatic rings. The highest BCUT2D eigenvalue weighted by atomic mass is 79.9. The topological polar surface area (TPSA) is 73.6 Å². The first kappa shape index (κ1) is 15.2. The number of nitrogens with one attached hydrogen (secondary N) is 1. The van der Waals surface area contributed by atoms with Crippen molar-refractivity contribution in [3.63, 3.8) is 0 Å². The molecule has 0 aliphatic carbocycles. The molecule has 100 valence electrons. The van der Waals surface area contributed by atoms with Crippen LogP contribution in [0.15, 0.2) is 16.6 Å². The van der Waals surface area contributed by atoms with Crippen molar-refractivity contribution >= 4 is 39.1 Å². The molecule has 1 unspecified atom stereocenters. The van der Waals surface area contributed by atoms with Gasteiger partial charge in [0.2, 0.25) is 0 Å². The van der Waals surface area contributed by atoms with E-state index < -0.39 is 6.10 Å². The van der Waals surface area contributed by atoms with E-state index in [2.05, 4.69) is 21.2 Å². The fourth-order valence-electron chi connectivity index (χ4n) is 1.38.